The first-order valence-corrected chi connectivity index (χ1v) is 7.32. The van der Waals surface area contributed by atoms with Gasteiger partial charge in [0.05, 0.1) is 0 Å². The van der Waals surface area contributed by atoms with Crippen molar-refractivity contribution in [1.82, 2.24) is 0 Å². The highest BCUT2D eigenvalue weighted by molar-refractivity contribution is 8.00. The van der Waals surface area contributed by atoms with E-state index in [1.807, 2.05) is 0 Å². The molecule has 2 rings (SSSR count). The highest BCUT2D eigenvalue weighted by atomic mass is 32.2. The lowest BCUT2D eigenvalue weighted by Gasteiger charge is -2.27. The fraction of sp³-hybridized carbons (Fsp3) is 0.571. The number of nitrogens with two attached hydrogens (primary N) is 1. The van der Waals surface area contributed by atoms with Crippen molar-refractivity contribution in [3.63, 3.8) is 0 Å². The molecular weight excluding hydrogens is 214 g/mol. The minimum Gasteiger partial charge on any atom is -0.323 e. The van der Waals surface area contributed by atoms with Crippen LogP contribution in [0.2, 0.25) is 0 Å². The molecule has 16 heavy (non-hydrogen) atoms. The molecule has 0 saturated carbocycles. The molecule has 2 unspecified atom stereocenters. The van der Waals surface area contributed by atoms with Crippen LogP contribution in [0.5, 0.6) is 0 Å². The van der Waals surface area contributed by atoms with Gasteiger partial charge in [-0.2, -0.15) is 11.8 Å². The molecule has 1 saturated heterocycles. The van der Waals surface area contributed by atoms with Gasteiger partial charge in [-0.1, -0.05) is 37.6 Å². The van der Waals surface area contributed by atoms with E-state index in [1.165, 1.54) is 36.1 Å². The minimum atomic E-state index is 0.219. The van der Waals surface area contributed by atoms with Crippen molar-refractivity contribution in [1.29, 1.82) is 0 Å². The van der Waals surface area contributed by atoms with Crippen molar-refractivity contribution in [3.05, 3.63) is 35.4 Å². The summed E-state index contributed by atoms with van der Waals surface area (Å²) >= 11 is 2.05. The molecule has 0 bridgehead atoms. The molecule has 0 radical (unpaired) electrons. The smallest absolute Gasteiger partial charge is 0.0415 e. The van der Waals surface area contributed by atoms with E-state index in [2.05, 4.69) is 43.0 Å². The second-order valence-corrected chi connectivity index (χ2v) is 5.88. The van der Waals surface area contributed by atoms with Crippen LogP contribution in [0.1, 0.15) is 43.4 Å². The normalized spacial score (nSPS) is 23.0. The molecule has 1 aliphatic heterocycles. The van der Waals surface area contributed by atoms with Crippen molar-refractivity contribution in [3.8, 4) is 0 Å². The highest BCUT2D eigenvalue weighted by Crippen LogP contribution is 2.33. The van der Waals surface area contributed by atoms with Gasteiger partial charge in [0.25, 0.3) is 0 Å². The largest absolute Gasteiger partial charge is 0.323 e. The Morgan fingerprint density at radius 2 is 2.31 bits per heavy atom. The number of rotatable bonds is 3. The Morgan fingerprint density at radius 3 is 3.00 bits per heavy atom. The summed E-state index contributed by atoms with van der Waals surface area (Å²) in [6, 6.07) is 9.00. The maximum Gasteiger partial charge on any atom is 0.0415 e. The molecule has 1 aromatic carbocycles. The summed E-state index contributed by atoms with van der Waals surface area (Å²) in [6.45, 7) is 2.19. The predicted octanol–water partition coefficient (Wildman–Crippen LogP) is 3.53. The van der Waals surface area contributed by atoms with E-state index >= 15 is 0 Å². The Labute approximate surface area is 103 Å². The van der Waals surface area contributed by atoms with Gasteiger partial charge in [-0.25, -0.2) is 0 Å². The van der Waals surface area contributed by atoms with Crippen LogP contribution in [0, 0.1) is 0 Å². The summed E-state index contributed by atoms with van der Waals surface area (Å²) in [5.74, 6) is 1.28. The zero-order chi connectivity index (χ0) is 11.4. The standard InChI is InChI=1S/C14H21NS/c1-2-11-6-5-7-12(10-11)14(15)13-8-3-4-9-16-13/h5-7,10,13-14H,2-4,8-9,15H2,1H3. The highest BCUT2D eigenvalue weighted by Gasteiger charge is 2.22. The van der Waals surface area contributed by atoms with Crippen molar-refractivity contribution in [2.75, 3.05) is 5.75 Å². The van der Waals surface area contributed by atoms with Crippen molar-refractivity contribution in [2.24, 2.45) is 5.73 Å². The first-order chi connectivity index (χ1) is 7.81. The molecule has 0 spiro atoms. The van der Waals surface area contributed by atoms with Gasteiger partial charge in [-0.3, -0.25) is 0 Å². The molecule has 0 amide bonds. The topological polar surface area (TPSA) is 26.0 Å². The molecule has 88 valence electrons. The molecule has 1 heterocycles. The van der Waals surface area contributed by atoms with Crippen LogP contribution in [0.25, 0.3) is 0 Å². The second-order valence-electron chi connectivity index (χ2n) is 4.53. The Morgan fingerprint density at radius 1 is 1.44 bits per heavy atom. The number of hydrogen-bond acceptors (Lipinski definition) is 2. The van der Waals surface area contributed by atoms with Crippen LogP contribution in [0.15, 0.2) is 24.3 Å². The lowest BCUT2D eigenvalue weighted by Crippen LogP contribution is -2.26. The third-order valence-corrected chi connectivity index (χ3v) is 4.84. The zero-order valence-corrected chi connectivity index (χ0v) is 10.8. The van der Waals surface area contributed by atoms with Crippen LogP contribution >= 0.6 is 11.8 Å². The Kier molecular flexibility index (Phi) is 4.30. The molecule has 2 heteroatoms. The third-order valence-electron chi connectivity index (χ3n) is 3.36. The maximum atomic E-state index is 6.37. The van der Waals surface area contributed by atoms with Crippen LogP contribution in [-0.4, -0.2) is 11.0 Å². The van der Waals surface area contributed by atoms with Gasteiger partial charge < -0.3 is 5.73 Å². The summed E-state index contributed by atoms with van der Waals surface area (Å²) in [5, 5.41) is 0.626. The number of aryl methyl sites for hydroxylation is 1. The minimum absolute atomic E-state index is 0.219. The first-order valence-electron chi connectivity index (χ1n) is 6.27. The van der Waals surface area contributed by atoms with Crippen molar-refractivity contribution in [2.45, 2.75) is 43.9 Å². The van der Waals surface area contributed by atoms with Crippen LogP contribution in [0.4, 0.5) is 0 Å². The van der Waals surface area contributed by atoms with Crippen LogP contribution < -0.4 is 5.73 Å². The van der Waals surface area contributed by atoms with Gasteiger partial charge in [0, 0.05) is 11.3 Å². The fourth-order valence-electron chi connectivity index (χ4n) is 2.28. The summed E-state index contributed by atoms with van der Waals surface area (Å²) in [4.78, 5) is 0. The molecule has 1 aliphatic rings. The molecule has 2 N–H and O–H groups in total. The van der Waals surface area contributed by atoms with Crippen molar-refractivity contribution < 1.29 is 0 Å². The van der Waals surface area contributed by atoms with E-state index in [1.54, 1.807) is 0 Å². The zero-order valence-electron chi connectivity index (χ0n) is 9.99. The third kappa shape index (κ3) is 2.80. The van der Waals surface area contributed by atoms with E-state index in [0.717, 1.165) is 6.42 Å². The first kappa shape index (κ1) is 12.0. The lowest BCUT2D eigenvalue weighted by atomic mass is 9.98. The Bertz CT molecular complexity index is 331. The van der Waals surface area contributed by atoms with Gasteiger partial charge in [-0.15, -0.1) is 0 Å². The van der Waals surface area contributed by atoms with Gasteiger partial charge in [0.2, 0.25) is 0 Å². The fourth-order valence-corrected chi connectivity index (χ4v) is 3.66. The SMILES string of the molecule is CCc1cccc(C(N)C2CCCCS2)c1. The van der Waals surface area contributed by atoms with Gasteiger partial charge in [0.15, 0.2) is 0 Å². The summed E-state index contributed by atoms with van der Waals surface area (Å²) in [7, 11) is 0. The van der Waals surface area contributed by atoms with E-state index < -0.39 is 0 Å². The molecular formula is C14H21NS. The maximum absolute atomic E-state index is 6.37. The van der Waals surface area contributed by atoms with Gasteiger partial charge in [-0.05, 0) is 36.1 Å². The molecule has 1 aromatic rings. The summed E-state index contributed by atoms with van der Waals surface area (Å²) in [6.07, 6.45) is 5.09. The second kappa shape index (κ2) is 5.74. The Balaban J connectivity index is 2.09. The number of hydrogen-bond donors (Lipinski definition) is 1. The molecule has 0 aromatic heterocycles. The van der Waals surface area contributed by atoms with Crippen LogP contribution in [0.3, 0.4) is 0 Å². The van der Waals surface area contributed by atoms with E-state index in [9.17, 15) is 0 Å². The van der Waals surface area contributed by atoms with E-state index in [4.69, 9.17) is 5.73 Å². The van der Waals surface area contributed by atoms with Crippen molar-refractivity contribution >= 4 is 11.8 Å². The summed E-state index contributed by atoms with van der Waals surface area (Å²) < 4.78 is 0. The monoisotopic (exact) mass is 235 g/mol. The van der Waals surface area contributed by atoms with E-state index in [-0.39, 0.29) is 6.04 Å². The molecule has 1 fully saturated rings. The van der Waals surface area contributed by atoms with E-state index in [0.29, 0.717) is 5.25 Å². The quantitative estimate of drug-likeness (QED) is 0.867. The number of benzene rings is 1. The number of thioether (sulfide) groups is 1. The molecule has 1 nitrogen and oxygen atoms in total. The van der Waals surface area contributed by atoms with Crippen LogP contribution in [-0.2, 0) is 6.42 Å². The molecule has 0 aliphatic carbocycles. The predicted molar refractivity (Wildman–Crippen MR) is 72.8 cm³/mol. The summed E-state index contributed by atoms with van der Waals surface area (Å²) in [5.41, 5.74) is 9.09. The lowest BCUT2D eigenvalue weighted by molar-refractivity contribution is 0.582. The van der Waals surface area contributed by atoms with Gasteiger partial charge in [0.1, 0.15) is 0 Å². The molecule has 2 atom stereocenters. The Hall–Kier alpha value is -0.470. The average Bonchev–Trinajstić information content (AvgIpc) is 2.39. The van der Waals surface area contributed by atoms with Gasteiger partial charge >= 0.3 is 0 Å². The average molecular weight is 235 g/mol.